The van der Waals surface area contributed by atoms with E-state index in [-0.39, 0.29) is 0 Å². The minimum absolute atomic E-state index is 0.400. The van der Waals surface area contributed by atoms with Crippen LogP contribution in [-0.4, -0.2) is 38.2 Å². The van der Waals surface area contributed by atoms with E-state index >= 15 is 0 Å². The first-order valence-electron chi connectivity index (χ1n) is 6.94. The summed E-state index contributed by atoms with van der Waals surface area (Å²) in [6.07, 6.45) is 2.59. The van der Waals surface area contributed by atoms with Gasteiger partial charge in [0.05, 0.1) is 11.4 Å². The summed E-state index contributed by atoms with van der Waals surface area (Å²) in [6.45, 7) is 2.91. The minimum Gasteiger partial charge on any atom is -0.480 e. The van der Waals surface area contributed by atoms with Crippen LogP contribution in [0.15, 0.2) is 22.0 Å². The molecule has 1 saturated heterocycles. The zero-order chi connectivity index (χ0) is 14.9. The van der Waals surface area contributed by atoms with E-state index in [4.69, 9.17) is 4.52 Å². The average Bonchev–Trinajstić information content (AvgIpc) is 3.12. The Balaban J connectivity index is 1.78. The molecule has 0 radical (unpaired) electrons. The molecule has 2 aromatic rings. The van der Waals surface area contributed by atoms with Crippen LogP contribution < -0.4 is 0 Å². The Kier molecular flexibility index (Phi) is 3.77. The van der Waals surface area contributed by atoms with Crippen molar-refractivity contribution in [2.75, 3.05) is 6.54 Å². The van der Waals surface area contributed by atoms with Crippen LogP contribution in [0.25, 0.3) is 10.8 Å². The van der Waals surface area contributed by atoms with Crippen LogP contribution in [0.3, 0.4) is 0 Å². The van der Waals surface area contributed by atoms with Gasteiger partial charge >= 0.3 is 5.97 Å². The van der Waals surface area contributed by atoms with Gasteiger partial charge in [0.2, 0.25) is 0 Å². The number of nitrogens with zero attached hydrogens (tertiary/aromatic N) is 3. The summed E-state index contributed by atoms with van der Waals surface area (Å²) in [7, 11) is 0. The fraction of sp³-hybridized carbons (Fsp3) is 0.500. The summed E-state index contributed by atoms with van der Waals surface area (Å²) >= 11 is 1.54. The van der Waals surface area contributed by atoms with Gasteiger partial charge in [0.25, 0.3) is 5.89 Å². The van der Waals surface area contributed by atoms with Gasteiger partial charge in [0.1, 0.15) is 5.54 Å². The number of likely N-dealkylation sites (tertiary alicyclic amines) is 1. The summed E-state index contributed by atoms with van der Waals surface area (Å²) in [5, 5.41) is 15.4. The van der Waals surface area contributed by atoms with Gasteiger partial charge in [0.15, 0.2) is 5.82 Å². The van der Waals surface area contributed by atoms with E-state index in [2.05, 4.69) is 10.1 Å². The standard InChI is InChI=1S/C14H17N3O3S/c1-14(13(18)19)6-2-3-7-17(14)9-11-15-12(20-16-11)10-5-4-8-21-10/h4-5,8H,2-3,6-7,9H2,1H3,(H,18,19). The number of aromatic nitrogens is 2. The van der Waals surface area contributed by atoms with Gasteiger partial charge in [-0.3, -0.25) is 9.69 Å². The molecule has 1 fully saturated rings. The first-order chi connectivity index (χ1) is 10.1. The van der Waals surface area contributed by atoms with Crippen molar-refractivity contribution in [1.29, 1.82) is 0 Å². The van der Waals surface area contributed by atoms with Gasteiger partial charge in [-0.2, -0.15) is 4.98 Å². The number of piperidine rings is 1. The summed E-state index contributed by atoms with van der Waals surface area (Å²) in [4.78, 5) is 18.8. The van der Waals surface area contributed by atoms with Gasteiger partial charge < -0.3 is 9.63 Å². The minimum atomic E-state index is -0.845. The zero-order valence-corrected chi connectivity index (χ0v) is 12.6. The van der Waals surface area contributed by atoms with Crippen LogP contribution in [0.5, 0.6) is 0 Å². The van der Waals surface area contributed by atoms with E-state index in [1.54, 1.807) is 6.92 Å². The van der Waals surface area contributed by atoms with Crippen LogP contribution in [0.1, 0.15) is 32.0 Å². The average molecular weight is 307 g/mol. The highest BCUT2D eigenvalue weighted by Crippen LogP contribution is 2.30. The highest BCUT2D eigenvalue weighted by Gasteiger charge is 2.41. The molecule has 1 unspecified atom stereocenters. The van der Waals surface area contributed by atoms with E-state index < -0.39 is 11.5 Å². The summed E-state index contributed by atoms with van der Waals surface area (Å²) in [5.41, 5.74) is -0.845. The third kappa shape index (κ3) is 2.71. The normalized spacial score (nSPS) is 23.3. The molecule has 0 saturated carbocycles. The Morgan fingerprint density at radius 3 is 3.14 bits per heavy atom. The molecule has 1 aliphatic rings. The number of hydrogen-bond donors (Lipinski definition) is 1. The zero-order valence-electron chi connectivity index (χ0n) is 11.8. The molecule has 112 valence electrons. The molecule has 1 aliphatic heterocycles. The Hall–Kier alpha value is -1.73. The Morgan fingerprint density at radius 1 is 1.57 bits per heavy atom. The van der Waals surface area contributed by atoms with Gasteiger partial charge in [0, 0.05) is 0 Å². The van der Waals surface area contributed by atoms with Crippen molar-refractivity contribution in [1.82, 2.24) is 15.0 Å². The van der Waals surface area contributed by atoms with E-state index in [0.717, 1.165) is 24.3 Å². The molecule has 0 bridgehead atoms. The topological polar surface area (TPSA) is 79.5 Å². The van der Waals surface area contributed by atoms with Crippen LogP contribution in [0.4, 0.5) is 0 Å². The van der Waals surface area contributed by atoms with Crippen molar-refractivity contribution in [3.63, 3.8) is 0 Å². The molecule has 1 atom stereocenters. The Morgan fingerprint density at radius 2 is 2.43 bits per heavy atom. The molecule has 21 heavy (non-hydrogen) atoms. The van der Waals surface area contributed by atoms with Gasteiger partial charge in [-0.15, -0.1) is 11.3 Å². The number of rotatable bonds is 4. The molecule has 6 nitrogen and oxygen atoms in total. The second-order valence-electron chi connectivity index (χ2n) is 5.45. The number of carbonyl (C=O) groups is 1. The smallest absolute Gasteiger partial charge is 0.323 e. The lowest BCUT2D eigenvalue weighted by molar-refractivity contribution is -0.153. The monoisotopic (exact) mass is 307 g/mol. The lowest BCUT2D eigenvalue weighted by atomic mass is 9.88. The SMILES string of the molecule is CC1(C(=O)O)CCCCN1Cc1noc(-c2cccs2)n1. The third-order valence-electron chi connectivity index (χ3n) is 4.03. The maximum absolute atomic E-state index is 11.6. The fourth-order valence-electron chi connectivity index (χ4n) is 2.66. The molecule has 1 N–H and O–H groups in total. The second kappa shape index (κ2) is 5.57. The Bertz CT molecular complexity index is 625. The van der Waals surface area contributed by atoms with Crippen LogP contribution in [0, 0.1) is 0 Å². The number of aliphatic carboxylic acids is 1. The highest BCUT2D eigenvalue weighted by molar-refractivity contribution is 7.13. The van der Waals surface area contributed by atoms with Gasteiger partial charge in [-0.05, 0) is 44.2 Å². The Labute approximate surface area is 126 Å². The maximum Gasteiger partial charge on any atom is 0.323 e. The van der Waals surface area contributed by atoms with E-state index in [9.17, 15) is 9.90 Å². The van der Waals surface area contributed by atoms with Crippen molar-refractivity contribution < 1.29 is 14.4 Å². The predicted octanol–water partition coefficient (Wildman–Crippen LogP) is 2.63. The number of carboxylic acids is 1. The molecule has 0 aromatic carbocycles. The quantitative estimate of drug-likeness (QED) is 0.935. The molecular formula is C14H17N3O3S. The number of thiophene rings is 1. The van der Waals surface area contributed by atoms with Gasteiger partial charge in [-0.25, -0.2) is 0 Å². The molecule has 3 heterocycles. The molecule has 0 amide bonds. The van der Waals surface area contributed by atoms with E-state index in [1.807, 2.05) is 22.4 Å². The molecule has 0 spiro atoms. The van der Waals surface area contributed by atoms with Crippen molar-refractivity contribution in [3.8, 4) is 10.8 Å². The lowest BCUT2D eigenvalue weighted by Gasteiger charge is -2.40. The lowest BCUT2D eigenvalue weighted by Crippen LogP contribution is -2.54. The van der Waals surface area contributed by atoms with E-state index in [0.29, 0.717) is 24.7 Å². The number of hydrogen-bond acceptors (Lipinski definition) is 6. The second-order valence-corrected chi connectivity index (χ2v) is 6.40. The predicted molar refractivity (Wildman–Crippen MR) is 77.9 cm³/mol. The summed E-state index contributed by atoms with van der Waals surface area (Å²) in [5.74, 6) is 0.242. The molecular weight excluding hydrogens is 290 g/mol. The van der Waals surface area contributed by atoms with Crippen molar-refractivity contribution in [2.45, 2.75) is 38.3 Å². The van der Waals surface area contributed by atoms with Crippen molar-refractivity contribution >= 4 is 17.3 Å². The first-order valence-corrected chi connectivity index (χ1v) is 7.82. The molecule has 0 aliphatic carbocycles. The van der Waals surface area contributed by atoms with Crippen molar-refractivity contribution in [2.24, 2.45) is 0 Å². The fourth-order valence-corrected chi connectivity index (χ4v) is 3.31. The van der Waals surface area contributed by atoms with Gasteiger partial charge in [-0.1, -0.05) is 11.2 Å². The molecule has 7 heteroatoms. The molecule has 2 aromatic heterocycles. The van der Waals surface area contributed by atoms with E-state index in [1.165, 1.54) is 11.3 Å². The largest absolute Gasteiger partial charge is 0.480 e. The van der Waals surface area contributed by atoms with Crippen LogP contribution in [-0.2, 0) is 11.3 Å². The summed E-state index contributed by atoms with van der Waals surface area (Å²) < 4.78 is 5.25. The van der Waals surface area contributed by atoms with Crippen LogP contribution in [0.2, 0.25) is 0 Å². The first kappa shape index (κ1) is 14.2. The summed E-state index contributed by atoms with van der Waals surface area (Å²) in [6, 6.07) is 3.85. The maximum atomic E-state index is 11.6. The molecule has 3 rings (SSSR count). The third-order valence-corrected chi connectivity index (χ3v) is 4.89. The highest BCUT2D eigenvalue weighted by atomic mass is 32.1. The van der Waals surface area contributed by atoms with Crippen LogP contribution >= 0.6 is 11.3 Å². The number of carboxylic acid groups (broad SMARTS) is 1. The van der Waals surface area contributed by atoms with Crippen molar-refractivity contribution in [3.05, 3.63) is 23.3 Å².